The molecule has 0 radical (unpaired) electrons. The summed E-state index contributed by atoms with van der Waals surface area (Å²) in [5.41, 5.74) is -0.855. The van der Waals surface area contributed by atoms with Crippen LogP contribution in [0.3, 0.4) is 0 Å². The highest BCUT2D eigenvalue weighted by atomic mass is 35.5. The van der Waals surface area contributed by atoms with Gasteiger partial charge in [0.2, 0.25) is 0 Å². The van der Waals surface area contributed by atoms with Crippen molar-refractivity contribution in [2.75, 3.05) is 0 Å². The molecule has 0 saturated carbocycles. The molecule has 0 aliphatic heterocycles. The molecule has 0 fully saturated rings. The molecule has 0 aliphatic rings. The Morgan fingerprint density at radius 1 is 1.22 bits per heavy atom. The predicted octanol–water partition coefficient (Wildman–Crippen LogP) is 3.38. The van der Waals surface area contributed by atoms with E-state index in [1.54, 1.807) is 0 Å². The van der Waals surface area contributed by atoms with Gasteiger partial charge in [0.05, 0.1) is 5.56 Å². The van der Waals surface area contributed by atoms with Crippen LogP contribution in [0.25, 0.3) is 11.3 Å². The number of hydrogen-bond acceptors (Lipinski definition) is 2. The zero-order valence-electron chi connectivity index (χ0n) is 8.82. The molecular formula is C12H6ClF2NO2. The molecule has 0 unspecified atom stereocenters. The number of rotatable bonds is 2. The van der Waals surface area contributed by atoms with Gasteiger partial charge in [0, 0.05) is 5.56 Å². The minimum atomic E-state index is -1.40. The summed E-state index contributed by atoms with van der Waals surface area (Å²) in [6.07, 6.45) is 0. The van der Waals surface area contributed by atoms with Crippen molar-refractivity contribution in [2.45, 2.75) is 0 Å². The average molecular weight is 270 g/mol. The van der Waals surface area contributed by atoms with Crippen molar-refractivity contribution >= 4 is 17.6 Å². The number of halogens is 3. The van der Waals surface area contributed by atoms with Crippen molar-refractivity contribution in [3.8, 4) is 11.3 Å². The van der Waals surface area contributed by atoms with Gasteiger partial charge in [-0.1, -0.05) is 23.7 Å². The Bertz CT molecular complexity index is 631. The van der Waals surface area contributed by atoms with Crippen molar-refractivity contribution < 1.29 is 18.7 Å². The summed E-state index contributed by atoms with van der Waals surface area (Å²) >= 11 is 5.62. The van der Waals surface area contributed by atoms with Gasteiger partial charge in [-0.25, -0.2) is 18.6 Å². The van der Waals surface area contributed by atoms with E-state index in [-0.39, 0.29) is 16.4 Å². The maximum atomic E-state index is 13.7. The lowest BCUT2D eigenvalue weighted by atomic mass is 10.1. The third-order valence-corrected chi connectivity index (χ3v) is 2.58. The quantitative estimate of drug-likeness (QED) is 0.850. The average Bonchev–Trinajstić information content (AvgIpc) is 2.32. The van der Waals surface area contributed by atoms with Crippen LogP contribution in [-0.4, -0.2) is 16.1 Å². The molecule has 0 amide bonds. The molecule has 2 rings (SSSR count). The van der Waals surface area contributed by atoms with E-state index in [2.05, 4.69) is 4.98 Å². The van der Waals surface area contributed by atoms with Crippen LogP contribution >= 0.6 is 11.6 Å². The van der Waals surface area contributed by atoms with Crippen molar-refractivity contribution in [1.82, 2.24) is 4.98 Å². The van der Waals surface area contributed by atoms with Crippen LogP contribution in [0.5, 0.6) is 0 Å². The van der Waals surface area contributed by atoms with Crippen LogP contribution in [0.15, 0.2) is 30.3 Å². The van der Waals surface area contributed by atoms with Crippen molar-refractivity contribution in [1.29, 1.82) is 0 Å². The van der Waals surface area contributed by atoms with Crippen molar-refractivity contribution in [3.05, 3.63) is 52.7 Å². The van der Waals surface area contributed by atoms with Gasteiger partial charge in [-0.2, -0.15) is 0 Å². The molecule has 0 spiro atoms. The first-order valence-corrected chi connectivity index (χ1v) is 5.22. The van der Waals surface area contributed by atoms with E-state index in [1.165, 1.54) is 18.2 Å². The zero-order valence-corrected chi connectivity index (χ0v) is 9.58. The molecule has 1 aromatic carbocycles. The Morgan fingerprint density at radius 3 is 2.50 bits per heavy atom. The van der Waals surface area contributed by atoms with Crippen molar-refractivity contribution in [2.24, 2.45) is 0 Å². The van der Waals surface area contributed by atoms with E-state index in [1.807, 2.05) is 0 Å². The second kappa shape index (κ2) is 4.70. The number of carbonyl (C=O) groups is 1. The lowest BCUT2D eigenvalue weighted by molar-refractivity contribution is 0.0696. The highest BCUT2D eigenvalue weighted by Crippen LogP contribution is 2.27. The largest absolute Gasteiger partial charge is 0.478 e. The molecule has 3 nitrogen and oxygen atoms in total. The predicted molar refractivity (Wildman–Crippen MR) is 61.6 cm³/mol. The lowest BCUT2D eigenvalue weighted by Gasteiger charge is -2.06. The molecule has 18 heavy (non-hydrogen) atoms. The number of hydrogen-bond donors (Lipinski definition) is 1. The molecule has 2 aromatic rings. The van der Waals surface area contributed by atoms with Crippen molar-refractivity contribution in [3.63, 3.8) is 0 Å². The monoisotopic (exact) mass is 269 g/mol. The summed E-state index contributed by atoms with van der Waals surface area (Å²) in [5.74, 6) is -3.00. The van der Waals surface area contributed by atoms with E-state index in [4.69, 9.17) is 16.7 Å². The maximum Gasteiger partial charge on any atom is 0.338 e. The van der Waals surface area contributed by atoms with Gasteiger partial charge in [-0.05, 0) is 18.2 Å². The van der Waals surface area contributed by atoms with Gasteiger partial charge in [0.15, 0.2) is 5.82 Å². The summed E-state index contributed by atoms with van der Waals surface area (Å²) in [7, 11) is 0. The number of pyridine rings is 1. The molecule has 1 aromatic heterocycles. The second-order valence-corrected chi connectivity index (χ2v) is 3.80. The minimum absolute atomic E-state index is 0.0751. The van der Waals surface area contributed by atoms with Gasteiger partial charge in [0.25, 0.3) is 0 Å². The first-order valence-electron chi connectivity index (χ1n) is 4.85. The summed E-state index contributed by atoms with van der Waals surface area (Å²) in [6.45, 7) is 0. The fourth-order valence-electron chi connectivity index (χ4n) is 1.46. The van der Waals surface area contributed by atoms with E-state index >= 15 is 0 Å². The standard InChI is InChI=1S/C12H6ClF2NO2/c13-11-7(12(17)18)5-9(15)10(16-11)6-3-1-2-4-8(6)14/h1-5H,(H,17,18). The minimum Gasteiger partial charge on any atom is -0.478 e. The molecule has 1 heterocycles. The fraction of sp³-hybridized carbons (Fsp3) is 0. The molecule has 0 bridgehead atoms. The Kier molecular flexibility index (Phi) is 3.25. The van der Waals surface area contributed by atoms with E-state index < -0.39 is 23.2 Å². The van der Waals surface area contributed by atoms with Crippen LogP contribution in [0.1, 0.15) is 10.4 Å². The molecule has 92 valence electrons. The molecule has 6 heteroatoms. The first-order chi connectivity index (χ1) is 8.50. The smallest absolute Gasteiger partial charge is 0.338 e. The second-order valence-electron chi connectivity index (χ2n) is 3.44. The Hall–Kier alpha value is -2.01. The van der Waals surface area contributed by atoms with Gasteiger partial charge in [0.1, 0.15) is 16.7 Å². The molecule has 1 N–H and O–H groups in total. The Labute approximate surface area is 106 Å². The van der Waals surface area contributed by atoms with E-state index in [0.29, 0.717) is 0 Å². The van der Waals surface area contributed by atoms with Gasteiger partial charge in [-0.15, -0.1) is 0 Å². The molecular weight excluding hydrogens is 264 g/mol. The summed E-state index contributed by atoms with van der Waals surface area (Å²) in [6, 6.07) is 6.16. The highest BCUT2D eigenvalue weighted by molar-refractivity contribution is 6.32. The lowest BCUT2D eigenvalue weighted by Crippen LogP contribution is -2.03. The van der Waals surface area contributed by atoms with Gasteiger partial charge in [-0.3, -0.25) is 0 Å². The van der Waals surface area contributed by atoms with Crippen LogP contribution in [-0.2, 0) is 0 Å². The summed E-state index contributed by atoms with van der Waals surface area (Å²) in [5, 5.41) is 8.35. The normalized spacial score (nSPS) is 10.4. The number of aromatic carboxylic acids is 1. The number of benzene rings is 1. The Morgan fingerprint density at radius 2 is 1.89 bits per heavy atom. The third kappa shape index (κ3) is 2.17. The highest BCUT2D eigenvalue weighted by Gasteiger charge is 2.18. The Balaban J connectivity index is 2.64. The number of nitrogens with zero attached hydrogens (tertiary/aromatic N) is 1. The van der Waals surface area contributed by atoms with Crippen LogP contribution in [0.4, 0.5) is 8.78 Å². The first kappa shape index (κ1) is 12.4. The van der Waals surface area contributed by atoms with E-state index in [9.17, 15) is 13.6 Å². The van der Waals surface area contributed by atoms with Crippen LogP contribution in [0.2, 0.25) is 5.15 Å². The fourth-order valence-corrected chi connectivity index (χ4v) is 1.68. The van der Waals surface area contributed by atoms with Gasteiger partial charge < -0.3 is 5.11 Å². The number of carboxylic acids is 1. The van der Waals surface area contributed by atoms with E-state index in [0.717, 1.165) is 12.1 Å². The number of aromatic nitrogens is 1. The summed E-state index contributed by atoms with van der Waals surface area (Å²) < 4.78 is 27.2. The van der Waals surface area contributed by atoms with Crippen LogP contribution < -0.4 is 0 Å². The van der Waals surface area contributed by atoms with Gasteiger partial charge >= 0.3 is 5.97 Å². The van der Waals surface area contributed by atoms with Crippen LogP contribution in [0, 0.1) is 11.6 Å². The SMILES string of the molecule is O=C(O)c1cc(F)c(-c2ccccc2F)nc1Cl. The molecule has 0 atom stereocenters. The topological polar surface area (TPSA) is 50.2 Å². The third-order valence-electron chi connectivity index (χ3n) is 2.29. The summed E-state index contributed by atoms with van der Waals surface area (Å²) in [4.78, 5) is 14.3. The maximum absolute atomic E-state index is 13.7. The number of carboxylic acid groups (broad SMARTS) is 1. The molecule has 0 saturated heterocycles. The zero-order chi connectivity index (χ0) is 13.3. The molecule has 0 aliphatic carbocycles.